The summed E-state index contributed by atoms with van der Waals surface area (Å²) in [5.74, 6) is -0.367. The lowest BCUT2D eigenvalue weighted by atomic mass is 10.1. The van der Waals surface area contributed by atoms with Crippen LogP contribution in [0.5, 0.6) is 0 Å². The third-order valence-corrected chi connectivity index (χ3v) is 4.03. The van der Waals surface area contributed by atoms with Crippen LogP contribution < -0.4 is 0 Å². The molecule has 1 aromatic rings. The second-order valence-corrected chi connectivity index (χ2v) is 5.34. The van der Waals surface area contributed by atoms with Crippen molar-refractivity contribution < 1.29 is 9.72 Å². The van der Waals surface area contributed by atoms with Gasteiger partial charge in [0.15, 0.2) is 0 Å². The van der Waals surface area contributed by atoms with Gasteiger partial charge in [-0.3, -0.25) is 19.8 Å². The van der Waals surface area contributed by atoms with Gasteiger partial charge in [-0.1, -0.05) is 18.5 Å². The zero-order valence-corrected chi connectivity index (χ0v) is 12.7. The minimum Gasteiger partial charge on any atom is -0.336 e. The highest BCUT2D eigenvalue weighted by molar-refractivity contribution is 6.32. The Kier molecular flexibility index (Phi) is 4.74. The van der Waals surface area contributed by atoms with E-state index in [0.29, 0.717) is 13.1 Å². The summed E-state index contributed by atoms with van der Waals surface area (Å²) >= 11 is 5.75. The van der Waals surface area contributed by atoms with Crippen LogP contribution in [0.1, 0.15) is 24.2 Å². The topological polar surface area (TPSA) is 79.6 Å². The molecule has 114 valence electrons. The standard InChI is InChI=1S/C13H17ClN4O3/c1-3-16-6-7-17(8-9(16)2)13(19)10-4-5-15-12(14)11(10)18(20)21/h4-5,9H,3,6-8H2,1-2H3. The number of pyridine rings is 1. The number of hydrogen-bond donors (Lipinski definition) is 0. The van der Waals surface area contributed by atoms with Crippen molar-refractivity contribution in [1.29, 1.82) is 0 Å². The van der Waals surface area contributed by atoms with Gasteiger partial charge in [0.2, 0.25) is 5.15 Å². The molecule has 1 aliphatic heterocycles. The van der Waals surface area contributed by atoms with Gasteiger partial charge in [-0.25, -0.2) is 4.98 Å². The van der Waals surface area contributed by atoms with E-state index in [0.717, 1.165) is 13.1 Å². The first-order chi connectivity index (χ1) is 9.95. The van der Waals surface area contributed by atoms with Gasteiger partial charge >= 0.3 is 5.69 Å². The highest BCUT2D eigenvalue weighted by Crippen LogP contribution is 2.27. The highest BCUT2D eigenvalue weighted by atomic mass is 35.5. The molecule has 2 heterocycles. The SMILES string of the molecule is CCN1CCN(C(=O)c2ccnc(Cl)c2[N+](=O)[O-])CC1C. The average molecular weight is 313 g/mol. The van der Waals surface area contributed by atoms with Gasteiger partial charge in [0.1, 0.15) is 5.56 Å². The van der Waals surface area contributed by atoms with Crippen molar-refractivity contribution in [3.05, 3.63) is 33.1 Å². The molecule has 1 amide bonds. The number of carbonyl (C=O) groups is 1. The van der Waals surface area contributed by atoms with E-state index in [4.69, 9.17) is 11.6 Å². The van der Waals surface area contributed by atoms with Crippen LogP contribution in [-0.2, 0) is 0 Å². The molecule has 0 N–H and O–H groups in total. The molecule has 1 saturated heterocycles. The Morgan fingerprint density at radius 1 is 1.57 bits per heavy atom. The van der Waals surface area contributed by atoms with Crippen LogP contribution in [0.25, 0.3) is 0 Å². The van der Waals surface area contributed by atoms with Crippen LogP contribution in [0, 0.1) is 10.1 Å². The monoisotopic (exact) mass is 312 g/mol. The first kappa shape index (κ1) is 15.7. The summed E-state index contributed by atoms with van der Waals surface area (Å²) in [5, 5.41) is 10.8. The van der Waals surface area contributed by atoms with Crippen molar-refractivity contribution >= 4 is 23.2 Å². The fourth-order valence-electron chi connectivity index (χ4n) is 2.59. The van der Waals surface area contributed by atoms with E-state index in [1.807, 2.05) is 6.92 Å². The van der Waals surface area contributed by atoms with Crippen LogP contribution >= 0.6 is 11.6 Å². The van der Waals surface area contributed by atoms with Crippen LogP contribution in [-0.4, -0.2) is 57.8 Å². The van der Waals surface area contributed by atoms with E-state index in [-0.39, 0.29) is 22.7 Å². The number of nitrogens with zero attached hydrogens (tertiary/aromatic N) is 4. The van der Waals surface area contributed by atoms with E-state index in [1.165, 1.54) is 12.3 Å². The largest absolute Gasteiger partial charge is 0.336 e. The maximum Gasteiger partial charge on any atom is 0.319 e. The molecule has 0 spiro atoms. The Morgan fingerprint density at radius 2 is 2.29 bits per heavy atom. The van der Waals surface area contributed by atoms with E-state index < -0.39 is 10.6 Å². The predicted molar refractivity (Wildman–Crippen MR) is 78.5 cm³/mol. The lowest BCUT2D eigenvalue weighted by Gasteiger charge is -2.39. The first-order valence-electron chi connectivity index (χ1n) is 6.78. The average Bonchev–Trinajstić information content (AvgIpc) is 2.45. The van der Waals surface area contributed by atoms with Crippen molar-refractivity contribution in [3.63, 3.8) is 0 Å². The number of aromatic nitrogens is 1. The molecular weight excluding hydrogens is 296 g/mol. The highest BCUT2D eigenvalue weighted by Gasteiger charge is 2.31. The van der Waals surface area contributed by atoms with E-state index >= 15 is 0 Å². The summed E-state index contributed by atoms with van der Waals surface area (Å²) in [5.41, 5.74) is -0.424. The molecule has 1 atom stereocenters. The molecule has 7 nitrogen and oxygen atoms in total. The zero-order chi connectivity index (χ0) is 15.6. The molecule has 1 fully saturated rings. The van der Waals surface area contributed by atoms with Crippen LogP contribution in [0.3, 0.4) is 0 Å². The number of nitro groups is 1. The summed E-state index contributed by atoms with van der Waals surface area (Å²) in [6.45, 7) is 6.89. The molecule has 1 unspecified atom stereocenters. The molecule has 2 rings (SSSR count). The Labute approximate surface area is 127 Å². The van der Waals surface area contributed by atoms with Crippen LogP contribution in [0.15, 0.2) is 12.3 Å². The lowest BCUT2D eigenvalue weighted by Crippen LogP contribution is -2.53. The molecule has 21 heavy (non-hydrogen) atoms. The van der Waals surface area contributed by atoms with Gasteiger partial charge in [0.25, 0.3) is 5.91 Å². The number of likely N-dealkylation sites (N-methyl/N-ethyl adjacent to an activating group) is 1. The number of hydrogen-bond acceptors (Lipinski definition) is 5. The lowest BCUT2D eigenvalue weighted by molar-refractivity contribution is -0.385. The second-order valence-electron chi connectivity index (χ2n) is 4.98. The normalized spacial score (nSPS) is 19.6. The molecule has 8 heteroatoms. The third kappa shape index (κ3) is 3.14. The third-order valence-electron chi connectivity index (χ3n) is 3.75. The smallest absolute Gasteiger partial charge is 0.319 e. The fourth-order valence-corrected chi connectivity index (χ4v) is 2.82. The maximum absolute atomic E-state index is 12.5. The summed E-state index contributed by atoms with van der Waals surface area (Å²) in [4.78, 5) is 30.5. The Hall–Kier alpha value is -1.73. The first-order valence-corrected chi connectivity index (χ1v) is 7.15. The van der Waals surface area contributed by atoms with Gasteiger partial charge in [0.05, 0.1) is 4.92 Å². The number of halogens is 1. The van der Waals surface area contributed by atoms with Crippen molar-refractivity contribution in [3.8, 4) is 0 Å². The minimum atomic E-state index is -0.658. The predicted octanol–water partition coefficient (Wildman–Crippen LogP) is 1.81. The number of amides is 1. The van der Waals surface area contributed by atoms with E-state index in [1.54, 1.807) is 4.90 Å². The molecule has 0 aliphatic carbocycles. The fraction of sp³-hybridized carbons (Fsp3) is 0.538. The van der Waals surface area contributed by atoms with Crippen molar-refractivity contribution in [2.75, 3.05) is 26.2 Å². The molecule has 1 aromatic heterocycles. The molecule has 0 aromatic carbocycles. The minimum absolute atomic E-state index is 0.00264. The Morgan fingerprint density at radius 3 is 2.86 bits per heavy atom. The zero-order valence-electron chi connectivity index (χ0n) is 12.0. The summed E-state index contributed by atoms with van der Waals surface area (Å²) in [6.07, 6.45) is 1.31. The Bertz CT molecular complexity index is 566. The van der Waals surface area contributed by atoms with Crippen LogP contribution in [0.2, 0.25) is 5.15 Å². The summed E-state index contributed by atoms with van der Waals surface area (Å²) in [7, 11) is 0. The summed E-state index contributed by atoms with van der Waals surface area (Å²) in [6, 6.07) is 1.58. The van der Waals surface area contributed by atoms with Crippen molar-refractivity contribution in [1.82, 2.24) is 14.8 Å². The molecule has 0 saturated carbocycles. The van der Waals surface area contributed by atoms with Crippen LogP contribution in [0.4, 0.5) is 5.69 Å². The van der Waals surface area contributed by atoms with Gasteiger partial charge in [0, 0.05) is 31.9 Å². The molecular formula is C13H17ClN4O3. The number of rotatable bonds is 3. The maximum atomic E-state index is 12.5. The number of piperazine rings is 1. The molecule has 0 bridgehead atoms. The molecule has 1 aliphatic rings. The van der Waals surface area contributed by atoms with Crippen molar-refractivity contribution in [2.24, 2.45) is 0 Å². The molecule has 0 radical (unpaired) electrons. The Balaban J connectivity index is 2.26. The quantitative estimate of drug-likeness (QED) is 0.483. The van der Waals surface area contributed by atoms with E-state index in [2.05, 4.69) is 16.8 Å². The summed E-state index contributed by atoms with van der Waals surface area (Å²) < 4.78 is 0. The van der Waals surface area contributed by atoms with Gasteiger partial charge in [-0.15, -0.1) is 0 Å². The van der Waals surface area contributed by atoms with Gasteiger partial charge < -0.3 is 4.90 Å². The van der Waals surface area contributed by atoms with Gasteiger partial charge in [-0.05, 0) is 19.5 Å². The van der Waals surface area contributed by atoms with Crippen molar-refractivity contribution in [2.45, 2.75) is 19.9 Å². The van der Waals surface area contributed by atoms with E-state index in [9.17, 15) is 14.9 Å². The van der Waals surface area contributed by atoms with Gasteiger partial charge in [-0.2, -0.15) is 0 Å². The number of carbonyl (C=O) groups excluding carboxylic acids is 1. The second kappa shape index (κ2) is 6.36.